The van der Waals surface area contributed by atoms with Gasteiger partial charge in [0, 0.05) is 10.0 Å². The molecule has 0 fully saturated rings. The first-order chi connectivity index (χ1) is 19.7. The first kappa shape index (κ1) is 36.2. The zero-order valence-electron chi connectivity index (χ0n) is 27.4. The van der Waals surface area contributed by atoms with Gasteiger partial charge in [-0.3, -0.25) is 4.79 Å². The number of halogens is 4. The molecule has 0 radical (unpaired) electrons. The number of hydrogen-bond donors (Lipinski definition) is 0. The van der Waals surface area contributed by atoms with E-state index in [0.29, 0.717) is 35.1 Å². The third kappa shape index (κ3) is 8.70. The quantitative estimate of drug-likeness (QED) is 0.223. The van der Waals surface area contributed by atoms with Gasteiger partial charge in [0.15, 0.2) is 16.6 Å². The van der Waals surface area contributed by atoms with Crippen LogP contribution in [-0.4, -0.2) is 52.1 Å². The highest BCUT2D eigenvalue weighted by molar-refractivity contribution is 6.74. The molecule has 1 amide bonds. The Balaban J connectivity index is 1.99. The fraction of sp³-hybridized carbons (Fsp3) is 0.606. The molecule has 43 heavy (non-hydrogen) atoms. The number of rotatable bonds is 11. The lowest BCUT2D eigenvalue weighted by atomic mass is 9.83. The molecule has 2 aromatic carbocycles. The lowest BCUT2D eigenvalue weighted by Gasteiger charge is -2.45. The van der Waals surface area contributed by atoms with Crippen LogP contribution in [0.5, 0.6) is 0 Å². The van der Waals surface area contributed by atoms with Gasteiger partial charge < -0.3 is 13.8 Å². The van der Waals surface area contributed by atoms with Crippen LogP contribution in [0.15, 0.2) is 36.4 Å². The summed E-state index contributed by atoms with van der Waals surface area (Å²) in [6, 6.07) is 10.8. The highest BCUT2D eigenvalue weighted by Crippen LogP contribution is 2.40. The number of nitrogens with zero attached hydrogens (tertiary/aromatic N) is 1. The van der Waals surface area contributed by atoms with Crippen molar-refractivity contribution in [3.05, 3.63) is 68.7 Å². The molecule has 2 aromatic rings. The van der Waals surface area contributed by atoms with Gasteiger partial charge in [-0.2, -0.15) is 0 Å². The average molecular weight is 673 g/mol. The molecule has 240 valence electrons. The fourth-order valence-corrected chi connectivity index (χ4v) is 8.80. The van der Waals surface area contributed by atoms with Crippen LogP contribution in [0.3, 0.4) is 0 Å². The van der Waals surface area contributed by atoms with Crippen LogP contribution in [0.25, 0.3) is 0 Å². The molecule has 10 heteroatoms. The zero-order chi connectivity index (χ0) is 32.5. The molecule has 1 aliphatic heterocycles. The number of hydrogen-bond acceptors (Lipinski definition) is 3. The Morgan fingerprint density at radius 2 is 1.60 bits per heavy atom. The Morgan fingerprint density at radius 3 is 2.14 bits per heavy atom. The summed E-state index contributed by atoms with van der Waals surface area (Å²) in [5.41, 5.74) is 2.26. The molecular weight excluding hydrogens is 623 g/mol. The normalized spacial score (nSPS) is 19.4. The highest BCUT2D eigenvalue weighted by atomic mass is 35.5. The molecule has 0 saturated carbocycles. The summed E-state index contributed by atoms with van der Waals surface area (Å²) in [7, 11) is -4.33. The summed E-state index contributed by atoms with van der Waals surface area (Å²) in [6.45, 7) is 20.8. The second-order valence-electron chi connectivity index (χ2n) is 14.6. The molecule has 0 saturated heterocycles. The number of carbonyl (C=O) groups is 1. The molecule has 0 aliphatic carbocycles. The number of carbonyl (C=O) groups excluding carboxylic acids is 1. The van der Waals surface area contributed by atoms with E-state index in [2.05, 4.69) is 33.9 Å². The van der Waals surface area contributed by atoms with E-state index in [1.54, 1.807) is 18.2 Å². The van der Waals surface area contributed by atoms with E-state index in [1.807, 2.05) is 49.7 Å². The molecule has 3 atom stereocenters. The minimum absolute atomic E-state index is 0.00632. The Kier molecular flexibility index (Phi) is 11.4. The van der Waals surface area contributed by atoms with E-state index in [9.17, 15) is 13.6 Å². The van der Waals surface area contributed by atoms with Gasteiger partial charge in [-0.1, -0.05) is 68.2 Å². The lowest BCUT2D eigenvalue weighted by molar-refractivity contribution is -0.137. The summed E-state index contributed by atoms with van der Waals surface area (Å²) in [6.07, 6.45) is -1.27. The fourth-order valence-electron chi connectivity index (χ4n) is 5.64. The van der Waals surface area contributed by atoms with Crippen LogP contribution in [0.1, 0.15) is 69.3 Å². The standard InChI is InChI=1S/C33H49Cl2F2NO3Si2/c1-22-25-14-11-13-23(17-18-33(5,31(36)37)41-42(6,7)8)26(25)19-24(21-40-43(9,10)32(2,3)4)38(22)30(39)20-27-28(34)15-12-16-29(27)35/h11-16,22,24,31H,17-21H2,1-10H3/t22-,24+,33+/m0/s1. The Morgan fingerprint density at radius 1 is 1.02 bits per heavy atom. The summed E-state index contributed by atoms with van der Waals surface area (Å²) >= 11 is 12.9. The maximum absolute atomic E-state index is 14.3. The van der Waals surface area contributed by atoms with Crippen molar-refractivity contribution in [3.63, 3.8) is 0 Å². The smallest absolute Gasteiger partial charge is 0.265 e. The van der Waals surface area contributed by atoms with Crippen LogP contribution >= 0.6 is 23.2 Å². The number of alkyl halides is 2. The summed E-state index contributed by atoms with van der Waals surface area (Å²) in [5, 5.41) is 0.932. The van der Waals surface area contributed by atoms with E-state index < -0.39 is 28.7 Å². The summed E-state index contributed by atoms with van der Waals surface area (Å²) < 4.78 is 41.3. The SMILES string of the molecule is C[C@H]1c2cccc(CC[C@@](C)(O[Si](C)(C)C)C(F)F)c2C[C@H](CO[Si](C)(C)C(C)(C)C)N1C(=O)Cc1c(Cl)cccc1Cl. The van der Waals surface area contributed by atoms with Gasteiger partial charge in [-0.25, -0.2) is 8.78 Å². The number of amides is 1. The van der Waals surface area contributed by atoms with Crippen molar-refractivity contribution in [3.8, 4) is 0 Å². The van der Waals surface area contributed by atoms with Crippen molar-refractivity contribution in [2.45, 2.75) is 122 Å². The molecule has 0 spiro atoms. The third-order valence-electron chi connectivity index (χ3n) is 9.02. The predicted molar refractivity (Wildman–Crippen MR) is 180 cm³/mol. The van der Waals surface area contributed by atoms with Gasteiger partial charge in [-0.15, -0.1) is 0 Å². The monoisotopic (exact) mass is 671 g/mol. The van der Waals surface area contributed by atoms with Gasteiger partial charge in [-0.05, 0) is 105 Å². The van der Waals surface area contributed by atoms with Crippen molar-refractivity contribution in [2.24, 2.45) is 0 Å². The van der Waals surface area contributed by atoms with Crippen LogP contribution < -0.4 is 0 Å². The molecule has 0 N–H and O–H groups in total. The summed E-state index contributed by atoms with van der Waals surface area (Å²) in [5.74, 6) is -0.0730. The maximum Gasteiger partial charge on any atom is 0.265 e. The van der Waals surface area contributed by atoms with Crippen molar-refractivity contribution < 1.29 is 22.4 Å². The summed E-state index contributed by atoms with van der Waals surface area (Å²) in [4.78, 5) is 16.0. The minimum Gasteiger partial charge on any atom is -0.415 e. The number of fused-ring (bicyclic) bond motifs is 1. The topological polar surface area (TPSA) is 38.8 Å². The van der Waals surface area contributed by atoms with Gasteiger partial charge in [0.05, 0.1) is 25.1 Å². The Hall–Kier alpha value is -1.30. The Bertz CT molecular complexity index is 1280. The van der Waals surface area contributed by atoms with Gasteiger partial charge in [0.25, 0.3) is 6.43 Å². The predicted octanol–water partition coefficient (Wildman–Crippen LogP) is 9.88. The van der Waals surface area contributed by atoms with E-state index >= 15 is 0 Å². The van der Waals surface area contributed by atoms with Crippen molar-refractivity contribution in [1.82, 2.24) is 4.90 Å². The van der Waals surface area contributed by atoms with E-state index in [-0.39, 0.29) is 35.9 Å². The van der Waals surface area contributed by atoms with Crippen LogP contribution in [-0.2, 0) is 32.9 Å². The molecule has 1 heterocycles. The molecular formula is C33H49Cl2F2NO3Si2. The number of aryl methyl sites for hydroxylation is 1. The highest BCUT2D eigenvalue weighted by Gasteiger charge is 2.43. The number of benzene rings is 2. The Labute approximate surface area is 269 Å². The maximum atomic E-state index is 14.3. The molecule has 4 nitrogen and oxygen atoms in total. The van der Waals surface area contributed by atoms with Crippen LogP contribution in [0.4, 0.5) is 8.78 Å². The molecule has 0 aromatic heterocycles. The molecule has 1 aliphatic rings. The van der Waals surface area contributed by atoms with Gasteiger partial charge in [0.1, 0.15) is 5.60 Å². The van der Waals surface area contributed by atoms with E-state index in [0.717, 1.165) is 16.7 Å². The van der Waals surface area contributed by atoms with Crippen LogP contribution in [0.2, 0.25) is 47.8 Å². The zero-order valence-corrected chi connectivity index (χ0v) is 30.9. The largest absolute Gasteiger partial charge is 0.415 e. The second kappa shape index (κ2) is 13.6. The first-order valence-corrected chi connectivity index (χ1v) is 22.2. The second-order valence-corrected chi connectivity index (χ2v) is 24.6. The van der Waals surface area contributed by atoms with Crippen molar-refractivity contribution in [1.29, 1.82) is 0 Å². The molecule has 3 rings (SSSR count). The molecule has 0 unspecified atom stereocenters. The van der Waals surface area contributed by atoms with Crippen molar-refractivity contribution >= 4 is 45.7 Å². The molecule has 0 bridgehead atoms. The lowest BCUT2D eigenvalue weighted by Crippen LogP contribution is -2.52. The third-order valence-corrected chi connectivity index (χ3v) is 15.3. The minimum atomic E-state index is -2.59. The van der Waals surface area contributed by atoms with Crippen LogP contribution in [0, 0.1) is 0 Å². The average Bonchev–Trinajstić information content (AvgIpc) is 2.86. The van der Waals surface area contributed by atoms with Crippen molar-refractivity contribution in [2.75, 3.05) is 6.61 Å². The van der Waals surface area contributed by atoms with Gasteiger partial charge >= 0.3 is 0 Å². The van der Waals surface area contributed by atoms with E-state index in [1.165, 1.54) is 6.92 Å². The van der Waals surface area contributed by atoms with E-state index in [4.69, 9.17) is 32.1 Å². The first-order valence-electron chi connectivity index (χ1n) is 15.1. The van der Waals surface area contributed by atoms with Gasteiger partial charge in [0.2, 0.25) is 5.91 Å².